The monoisotopic (exact) mass is 422 g/mol. The number of hydrogen-bond donors (Lipinski definition) is 1. The van der Waals surface area contributed by atoms with Gasteiger partial charge in [0.2, 0.25) is 0 Å². The topological polar surface area (TPSA) is 33.7 Å². The molecule has 1 aliphatic heterocycles. The SMILES string of the molecule is COc1ccc(Cl)cc1C(c1ccc(OCc2ccccc2)cc1)N1CCNCC1. The number of benzene rings is 3. The third-order valence-corrected chi connectivity index (χ3v) is 5.68. The first kappa shape index (κ1) is 20.7. The van der Waals surface area contributed by atoms with E-state index in [0.29, 0.717) is 11.6 Å². The van der Waals surface area contributed by atoms with Gasteiger partial charge in [-0.05, 0) is 41.5 Å². The van der Waals surface area contributed by atoms with Crippen molar-refractivity contribution in [2.24, 2.45) is 0 Å². The van der Waals surface area contributed by atoms with Gasteiger partial charge in [-0.15, -0.1) is 0 Å². The molecule has 4 rings (SSSR count). The Hall–Kier alpha value is -2.53. The van der Waals surface area contributed by atoms with Gasteiger partial charge in [0, 0.05) is 36.8 Å². The number of rotatable bonds is 7. The smallest absolute Gasteiger partial charge is 0.124 e. The largest absolute Gasteiger partial charge is 0.496 e. The molecule has 5 heteroatoms. The summed E-state index contributed by atoms with van der Waals surface area (Å²) in [7, 11) is 1.71. The predicted molar refractivity (Wildman–Crippen MR) is 122 cm³/mol. The molecule has 1 aliphatic rings. The van der Waals surface area contributed by atoms with Crippen molar-refractivity contribution in [1.82, 2.24) is 10.2 Å². The summed E-state index contributed by atoms with van der Waals surface area (Å²) in [5, 5.41) is 4.15. The lowest BCUT2D eigenvalue weighted by molar-refractivity contribution is 0.195. The molecule has 0 radical (unpaired) electrons. The van der Waals surface area contributed by atoms with Crippen molar-refractivity contribution in [1.29, 1.82) is 0 Å². The number of halogens is 1. The van der Waals surface area contributed by atoms with Crippen LogP contribution in [0.15, 0.2) is 72.8 Å². The zero-order valence-electron chi connectivity index (χ0n) is 17.2. The lowest BCUT2D eigenvalue weighted by Crippen LogP contribution is -2.45. The minimum Gasteiger partial charge on any atom is -0.496 e. The summed E-state index contributed by atoms with van der Waals surface area (Å²) in [5.41, 5.74) is 3.44. The van der Waals surface area contributed by atoms with Crippen molar-refractivity contribution in [3.05, 3.63) is 94.5 Å². The van der Waals surface area contributed by atoms with Crippen molar-refractivity contribution < 1.29 is 9.47 Å². The van der Waals surface area contributed by atoms with Crippen molar-refractivity contribution in [2.45, 2.75) is 12.6 Å². The third-order valence-electron chi connectivity index (χ3n) is 5.45. The highest BCUT2D eigenvalue weighted by Gasteiger charge is 2.26. The van der Waals surface area contributed by atoms with Crippen LogP contribution in [0.1, 0.15) is 22.7 Å². The number of methoxy groups -OCH3 is 1. The summed E-state index contributed by atoms with van der Waals surface area (Å²) >= 11 is 6.36. The lowest BCUT2D eigenvalue weighted by Gasteiger charge is -2.36. The van der Waals surface area contributed by atoms with Crippen LogP contribution in [0.5, 0.6) is 11.5 Å². The van der Waals surface area contributed by atoms with Crippen molar-refractivity contribution in [3.63, 3.8) is 0 Å². The molecule has 1 fully saturated rings. The van der Waals surface area contributed by atoms with Crippen molar-refractivity contribution in [2.75, 3.05) is 33.3 Å². The maximum Gasteiger partial charge on any atom is 0.124 e. The standard InChI is InChI=1S/C25H27ClN2O2/c1-29-24-12-9-21(26)17-23(24)25(28-15-13-27-14-16-28)20-7-10-22(11-8-20)30-18-19-5-3-2-4-6-19/h2-12,17,25,27H,13-16,18H2,1H3. The van der Waals surface area contributed by atoms with Gasteiger partial charge in [-0.1, -0.05) is 54.1 Å². The molecule has 30 heavy (non-hydrogen) atoms. The van der Waals surface area contributed by atoms with E-state index in [1.807, 2.05) is 48.5 Å². The molecule has 156 valence electrons. The van der Waals surface area contributed by atoms with Gasteiger partial charge in [0.05, 0.1) is 13.2 Å². The molecular weight excluding hydrogens is 396 g/mol. The molecule has 0 saturated carbocycles. The Labute approximate surface area is 183 Å². The highest BCUT2D eigenvalue weighted by Crippen LogP contribution is 2.37. The van der Waals surface area contributed by atoms with Gasteiger partial charge in [0.1, 0.15) is 18.1 Å². The van der Waals surface area contributed by atoms with Gasteiger partial charge in [-0.25, -0.2) is 0 Å². The van der Waals surface area contributed by atoms with Gasteiger partial charge in [0.25, 0.3) is 0 Å². The predicted octanol–water partition coefficient (Wildman–Crippen LogP) is 4.92. The Balaban J connectivity index is 1.60. The summed E-state index contributed by atoms with van der Waals surface area (Å²) < 4.78 is 11.7. The van der Waals surface area contributed by atoms with Crippen LogP contribution in [0, 0.1) is 0 Å². The first-order valence-electron chi connectivity index (χ1n) is 10.3. The van der Waals surface area contributed by atoms with Crippen molar-refractivity contribution in [3.8, 4) is 11.5 Å². The van der Waals surface area contributed by atoms with E-state index in [0.717, 1.165) is 48.8 Å². The molecule has 3 aromatic rings. The van der Waals surface area contributed by atoms with E-state index >= 15 is 0 Å². The molecule has 1 atom stereocenters. The number of piperazine rings is 1. The van der Waals surface area contributed by atoms with E-state index in [2.05, 4.69) is 34.5 Å². The summed E-state index contributed by atoms with van der Waals surface area (Å²) in [6, 6.07) is 24.5. The maximum atomic E-state index is 6.36. The second-order valence-corrected chi connectivity index (χ2v) is 7.85. The molecule has 0 bridgehead atoms. The summed E-state index contributed by atoms with van der Waals surface area (Å²) in [4.78, 5) is 2.48. The summed E-state index contributed by atoms with van der Waals surface area (Å²) in [6.07, 6.45) is 0. The second-order valence-electron chi connectivity index (χ2n) is 7.42. The number of hydrogen-bond acceptors (Lipinski definition) is 4. The van der Waals surface area contributed by atoms with E-state index in [4.69, 9.17) is 21.1 Å². The Morgan fingerprint density at radius 2 is 1.70 bits per heavy atom. The van der Waals surface area contributed by atoms with Gasteiger partial charge in [-0.2, -0.15) is 0 Å². The molecule has 1 N–H and O–H groups in total. The summed E-state index contributed by atoms with van der Waals surface area (Å²) in [6.45, 7) is 4.43. The lowest BCUT2D eigenvalue weighted by atomic mass is 9.95. The zero-order valence-corrected chi connectivity index (χ0v) is 17.9. The minimum atomic E-state index is 0.0731. The fraction of sp³-hybridized carbons (Fsp3) is 0.280. The van der Waals surface area contributed by atoms with Crippen LogP contribution in [0.25, 0.3) is 0 Å². The maximum absolute atomic E-state index is 6.36. The minimum absolute atomic E-state index is 0.0731. The Morgan fingerprint density at radius 3 is 2.40 bits per heavy atom. The quantitative estimate of drug-likeness (QED) is 0.585. The van der Waals surface area contributed by atoms with Crippen LogP contribution in [0.3, 0.4) is 0 Å². The Bertz CT molecular complexity index is 941. The van der Waals surface area contributed by atoms with Crippen LogP contribution in [-0.2, 0) is 6.61 Å². The summed E-state index contributed by atoms with van der Waals surface area (Å²) in [5.74, 6) is 1.71. The first-order valence-corrected chi connectivity index (χ1v) is 10.7. The molecule has 0 amide bonds. The number of ether oxygens (including phenoxy) is 2. The van der Waals surface area contributed by atoms with Gasteiger partial charge in [0.15, 0.2) is 0 Å². The van der Waals surface area contributed by atoms with Crippen LogP contribution >= 0.6 is 11.6 Å². The molecule has 3 aromatic carbocycles. The van der Waals surface area contributed by atoms with Crippen LogP contribution < -0.4 is 14.8 Å². The molecule has 0 spiro atoms. The number of nitrogens with zero attached hydrogens (tertiary/aromatic N) is 1. The highest BCUT2D eigenvalue weighted by molar-refractivity contribution is 6.30. The van der Waals surface area contributed by atoms with E-state index in [9.17, 15) is 0 Å². The third kappa shape index (κ3) is 4.96. The molecule has 1 unspecified atom stereocenters. The average molecular weight is 423 g/mol. The number of nitrogens with one attached hydrogen (secondary N) is 1. The van der Waals surface area contributed by atoms with Crippen LogP contribution in [0.4, 0.5) is 0 Å². The molecule has 4 nitrogen and oxygen atoms in total. The van der Waals surface area contributed by atoms with E-state index < -0.39 is 0 Å². The Kier molecular flexibility index (Phi) is 6.90. The highest BCUT2D eigenvalue weighted by atomic mass is 35.5. The first-order chi connectivity index (χ1) is 14.7. The van der Waals surface area contributed by atoms with Crippen molar-refractivity contribution >= 4 is 11.6 Å². The molecule has 1 heterocycles. The molecule has 1 saturated heterocycles. The van der Waals surface area contributed by atoms with E-state index in [1.165, 1.54) is 5.56 Å². The molecule has 0 aliphatic carbocycles. The fourth-order valence-corrected chi connectivity index (χ4v) is 4.11. The average Bonchev–Trinajstić information content (AvgIpc) is 2.80. The van der Waals surface area contributed by atoms with Gasteiger partial charge in [-0.3, -0.25) is 4.90 Å². The Morgan fingerprint density at radius 1 is 0.967 bits per heavy atom. The molecule has 0 aromatic heterocycles. The van der Waals surface area contributed by atoms with E-state index in [-0.39, 0.29) is 6.04 Å². The molecular formula is C25H27ClN2O2. The van der Waals surface area contributed by atoms with E-state index in [1.54, 1.807) is 7.11 Å². The second kappa shape index (κ2) is 9.98. The normalized spacial score (nSPS) is 15.5. The van der Waals surface area contributed by atoms with Gasteiger partial charge < -0.3 is 14.8 Å². The van der Waals surface area contributed by atoms with Crippen LogP contribution in [0.2, 0.25) is 5.02 Å². The fourth-order valence-electron chi connectivity index (χ4n) is 3.93. The van der Waals surface area contributed by atoms with Crippen LogP contribution in [-0.4, -0.2) is 38.2 Å². The zero-order chi connectivity index (χ0) is 20.8. The van der Waals surface area contributed by atoms with Gasteiger partial charge >= 0.3 is 0 Å².